The number of benzene rings is 1. The van der Waals surface area contributed by atoms with Gasteiger partial charge >= 0.3 is 0 Å². The van der Waals surface area contributed by atoms with Crippen molar-refractivity contribution >= 4 is 11.7 Å². The van der Waals surface area contributed by atoms with Crippen LogP contribution in [0.25, 0.3) is 0 Å². The fraction of sp³-hybridized carbons (Fsp3) is 0.278. The summed E-state index contributed by atoms with van der Waals surface area (Å²) in [6.45, 7) is 2.56. The first-order valence-electron chi connectivity index (χ1n) is 7.96. The SMILES string of the molecule is Cc1cc(NC(=O)CCc2cnn(C)c2)n(Cc2ccccc2)n1. The Kier molecular flexibility index (Phi) is 4.74. The summed E-state index contributed by atoms with van der Waals surface area (Å²) in [7, 11) is 1.87. The molecule has 1 N–H and O–H groups in total. The minimum Gasteiger partial charge on any atom is -0.311 e. The molecule has 6 heteroatoms. The van der Waals surface area contributed by atoms with Gasteiger partial charge in [-0.3, -0.25) is 9.48 Å². The van der Waals surface area contributed by atoms with Crippen LogP contribution in [-0.4, -0.2) is 25.5 Å². The summed E-state index contributed by atoms with van der Waals surface area (Å²) in [6.07, 6.45) is 4.81. The van der Waals surface area contributed by atoms with Gasteiger partial charge in [-0.2, -0.15) is 10.2 Å². The molecule has 0 radical (unpaired) electrons. The first-order valence-corrected chi connectivity index (χ1v) is 7.96. The molecule has 0 fully saturated rings. The molecule has 1 aromatic carbocycles. The van der Waals surface area contributed by atoms with Gasteiger partial charge in [-0.05, 0) is 24.5 Å². The molecule has 3 aromatic rings. The van der Waals surface area contributed by atoms with E-state index in [0.717, 1.165) is 22.6 Å². The lowest BCUT2D eigenvalue weighted by Crippen LogP contribution is -2.16. The summed E-state index contributed by atoms with van der Waals surface area (Å²) in [5, 5.41) is 11.5. The lowest BCUT2D eigenvalue weighted by atomic mass is 10.2. The van der Waals surface area contributed by atoms with Crippen molar-refractivity contribution in [2.24, 2.45) is 7.05 Å². The number of hydrogen-bond acceptors (Lipinski definition) is 3. The Morgan fingerprint density at radius 3 is 2.71 bits per heavy atom. The van der Waals surface area contributed by atoms with Gasteiger partial charge in [0.1, 0.15) is 5.82 Å². The number of amides is 1. The lowest BCUT2D eigenvalue weighted by Gasteiger charge is -2.09. The molecule has 24 heavy (non-hydrogen) atoms. The summed E-state index contributed by atoms with van der Waals surface area (Å²) < 4.78 is 3.57. The Bertz CT molecular complexity index is 819. The average Bonchev–Trinajstić information content (AvgIpc) is 3.12. The number of anilines is 1. The number of rotatable bonds is 6. The lowest BCUT2D eigenvalue weighted by molar-refractivity contribution is -0.116. The zero-order chi connectivity index (χ0) is 16.9. The predicted molar refractivity (Wildman–Crippen MR) is 92.7 cm³/mol. The monoisotopic (exact) mass is 323 g/mol. The number of hydrogen-bond donors (Lipinski definition) is 1. The van der Waals surface area contributed by atoms with Crippen LogP contribution in [0.1, 0.15) is 23.2 Å². The van der Waals surface area contributed by atoms with Crippen LogP contribution in [0.5, 0.6) is 0 Å². The van der Waals surface area contributed by atoms with Crippen LogP contribution < -0.4 is 5.32 Å². The highest BCUT2D eigenvalue weighted by atomic mass is 16.1. The molecule has 1 amide bonds. The van der Waals surface area contributed by atoms with E-state index in [1.54, 1.807) is 10.9 Å². The van der Waals surface area contributed by atoms with E-state index in [-0.39, 0.29) is 5.91 Å². The van der Waals surface area contributed by atoms with E-state index in [1.807, 2.05) is 61.2 Å². The van der Waals surface area contributed by atoms with E-state index < -0.39 is 0 Å². The van der Waals surface area contributed by atoms with Crippen molar-refractivity contribution in [3.05, 3.63) is 65.6 Å². The second kappa shape index (κ2) is 7.12. The first-order chi connectivity index (χ1) is 11.6. The molecule has 0 unspecified atom stereocenters. The van der Waals surface area contributed by atoms with Gasteiger partial charge in [0.15, 0.2) is 0 Å². The molecule has 3 rings (SSSR count). The minimum absolute atomic E-state index is 0.0203. The van der Waals surface area contributed by atoms with Gasteiger partial charge in [0.25, 0.3) is 0 Å². The second-order valence-corrected chi connectivity index (χ2v) is 5.88. The summed E-state index contributed by atoms with van der Waals surface area (Å²) in [4.78, 5) is 12.2. The number of nitrogens with zero attached hydrogens (tertiary/aromatic N) is 4. The Hall–Kier alpha value is -2.89. The molecule has 0 aliphatic carbocycles. The molecule has 0 aliphatic rings. The zero-order valence-corrected chi connectivity index (χ0v) is 13.9. The normalized spacial score (nSPS) is 10.8. The minimum atomic E-state index is -0.0203. The Labute approximate surface area is 141 Å². The molecule has 2 heterocycles. The van der Waals surface area contributed by atoms with Gasteiger partial charge in [-0.1, -0.05) is 30.3 Å². The smallest absolute Gasteiger partial charge is 0.225 e. The molecule has 124 valence electrons. The number of carbonyl (C=O) groups excluding carboxylic acids is 1. The maximum Gasteiger partial charge on any atom is 0.225 e. The van der Waals surface area contributed by atoms with Crippen molar-refractivity contribution in [3.63, 3.8) is 0 Å². The number of aromatic nitrogens is 4. The fourth-order valence-corrected chi connectivity index (χ4v) is 2.59. The Balaban J connectivity index is 1.63. The van der Waals surface area contributed by atoms with E-state index in [9.17, 15) is 4.79 Å². The molecule has 0 bridgehead atoms. The third kappa shape index (κ3) is 4.10. The van der Waals surface area contributed by atoms with Crippen LogP contribution >= 0.6 is 0 Å². The van der Waals surface area contributed by atoms with E-state index in [0.29, 0.717) is 19.4 Å². The molecule has 0 spiro atoms. The predicted octanol–water partition coefficient (Wildman–Crippen LogP) is 2.54. The molecule has 0 atom stereocenters. The largest absolute Gasteiger partial charge is 0.311 e. The van der Waals surface area contributed by atoms with Gasteiger partial charge < -0.3 is 5.32 Å². The van der Waals surface area contributed by atoms with Crippen molar-refractivity contribution in [2.45, 2.75) is 26.3 Å². The van der Waals surface area contributed by atoms with Gasteiger partial charge in [-0.15, -0.1) is 0 Å². The van der Waals surface area contributed by atoms with E-state index in [4.69, 9.17) is 0 Å². The van der Waals surface area contributed by atoms with Crippen molar-refractivity contribution in [1.29, 1.82) is 0 Å². The number of nitrogens with one attached hydrogen (secondary N) is 1. The zero-order valence-electron chi connectivity index (χ0n) is 13.9. The van der Waals surface area contributed by atoms with Gasteiger partial charge in [0.05, 0.1) is 18.4 Å². The molecular formula is C18H21N5O. The molecule has 2 aromatic heterocycles. The van der Waals surface area contributed by atoms with Crippen LogP contribution in [0.15, 0.2) is 48.8 Å². The first kappa shape index (κ1) is 16.0. The van der Waals surface area contributed by atoms with E-state index in [1.165, 1.54) is 0 Å². The third-order valence-electron chi connectivity index (χ3n) is 3.74. The van der Waals surface area contributed by atoms with Crippen LogP contribution in [0.4, 0.5) is 5.82 Å². The quantitative estimate of drug-likeness (QED) is 0.758. The standard InChI is InChI=1S/C18H21N5O/c1-14-10-17(23(21-14)13-15-6-4-3-5-7-15)20-18(24)9-8-16-11-19-22(2)12-16/h3-7,10-12H,8-9,13H2,1-2H3,(H,20,24). The van der Waals surface area contributed by atoms with E-state index in [2.05, 4.69) is 15.5 Å². The summed E-state index contributed by atoms with van der Waals surface area (Å²) >= 11 is 0. The molecule has 0 saturated carbocycles. The molecule has 0 saturated heterocycles. The van der Waals surface area contributed by atoms with Gasteiger partial charge in [0, 0.05) is 25.7 Å². The Morgan fingerprint density at radius 2 is 2.00 bits per heavy atom. The van der Waals surface area contributed by atoms with E-state index >= 15 is 0 Å². The molecule has 0 aliphatic heterocycles. The summed E-state index contributed by atoms with van der Waals surface area (Å²) in [6, 6.07) is 12.0. The maximum atomic E-state index is 12.2. The van der Waals surface area contributed by atoms with Crippen molar-refractivity contribution in [1.82, 2.24) is 19.6 Å². The van der Waals surface area contributed by atoms with Crippen LogP contribution in [0.2, 0.25) is 0 Å². The number of carbonyl (C=O) groups is 1. The summed E-state index contributed by atoms with van der Waals surface area (Å²) in [5.74, 6) is 0.709. The third-order valence-corrected chi connectivity index (χ3v) is 3.74. The topological polar surface area (TPSA) is 64.7 Å². The van der Waals surface area contributed by atoms with Crippen molar-refractivity contribution in [2.75, 3.05) is 5.32 Å². The highest BCUT2D eigenvalue weighted by molar-refractivity contribution is 5.90. The highest BCUT2D eigenvalue weighted by Gasteiger charge is 2.10. The van der Waals surface area contributed by atoms with Crippen LogP contribution in [0.3, 0.4) is 0 Å². The average molecular weight is 323 g/mol. The highest BCUT2D eigenvalue weighted by Crippen LogP contribution is 2.14. The molecular weight excluding hydrogens is 302 g/mol. The van der Waals surface area contributed by atoms with Crippen molar-refractivity contribution < 1.29 is 4.79 Å². The van der Waals surface area contributed by atoms with Crippen molar-refractivity contribution in [3.8, 4) is 0 Å². The number of aryl methyl sites for hydroxylation is 3. The summed E-state index contributed by atoms with van der Waals surface area (Å²) in [5.41, 5.74) is 3.08. The van der Waals surface area contributed by atoms with Gasteiger partial charge in [0.2, 0.25) is 5.91 Å². The maximum absolute atomic E-state index is 12.2. The van der Waals surface area contributed by atoms with Gasteiger partial charge in [-0.25, -0.2) is 4.68 Å². The van der Waals surface area contributed by atoms with Crippen LogP contribution in [0, 0.1) is 6.92 Å². The Morgan fingerprint density at radius 1 is 1.21 bits per heavy atom. The van der Waals surface area contributed by atoms with Crippen LogP contribution in [-0.2, 0) is 24.8 Å². The fourth-order valence-electron chi connectivity index (χ4n) is 2.59. The second-order valence-electron chi connectivity index (χ2n) is 5.88. The molecule has 6 nitrogen and oxygen atoms in total.